The van der Waals surface area contributed by atoms with Crippen molar-refractivity contribution < 1.29 is 4.43 Å². The van der Waals surface area contributed by atoms with Crippen molar-refractivity contribution in [3.05, 3.63) is 0 Å². The molecule has 0 spiro atoms. The summed E-state index contributed by atoms with van der Waals surface area (Å²) in [6.45, 7) is 11.0. The van der Waals surface area contributed by atoms with Crippen LogP contribution >= 0.6 is 0 Å². The van der Waals surface area contributed by atoms with E-state index >= 15 is 0 Å². The highest BCUT2D eigenvalue weighted by molar-refractivity contribution is 6.48. The standard InChI is InChI=1S/C8H20OSi/c1-6-8(3,7-2)9-10(4)5/h10H,6-7H2,1-5H3. The quantitative estimate of drug-likeness (QED) is 0.574. The lowest BCUT2D eigenvalue weighted by atomic mass is 10.0. The molecular weight excluding hydrogens is 140 g/mol. The van der Waals surface area contributed by atoms with Gasteiger partial charge in [-0.1, -0.05) is 13.8 Å². The summed E-state index contributed by atoms with van der Waals surface area (Å²) in [5.74, 6) is 0. The highest BCUT2D eigenvalue weighted by Gasteiger charge is 2.20. The Morgan fingerprint density at radius 2 is 1.60 bits per heavy atom. The Kier molecular flexibility index (Phi) is 4.21. The van der Waals surface area contributed by atoms with Gasteiger partial charge >= 0.3 is 0 Å². The normalized spacial score (nSPS) is 12.6. The largest absolute Gasteiger partial charge is 0.415 e. The summed E-state index contributed by atoms with van der Waals surface area (Å²) in [7, 11) is -0.831. The minimum absolute atomic E-state index is 0.167. The molecule has 62 valence electrons. The molecule has 0 atom stereocenters. The van der Waals surface area contributed by atoms with E-state index < -0.39 is 9.04 Å². The van der Waals surface area contributed by atoms with Gasteiger partial charge in [-0.15, -0.1) is 0 Å². The van der Waals surface area contributed by atoms with Crippen molar-refractivity contribution in [1.29, 1.82) is 0 Å². The van der Waals surface area contributed by atoms with Gasteiger partial charge in [-0.05, 0) is 32.9 Å². The molecule has 0 unspecified atom stereocenters. The lowest BCUT2D eigenvalue weighted by molar-refractivity contribution is 0.0800. The van der Waals surface area contributed by atoms with Crippen LogP contribution in [0, 0.1) is 0 Å². The molecule has 0 aliphatic heterocycles. The molecule has 0 saturated heterocycles. The third-order valence-corrected chi connectivity index (χ3v) is 3.06. The van der Waals surface area contributed by atoms with Crippen molar-refractivity contribution in [2.75, 3.05) is 0 Å². The third-order valence-electron chi connectivity index (χ3n) is 2.02. The second-order valence-corrected chi connectivity index (χ2v) is 5.66. The lowest BCUT2D eigenvalue weighted by Gasteiger charge is -2.29. The Hall–Kier alpha value is 0.177. The zero-order valence-electron chi connectivity index (χ0n) is 7.90. The van der Waals surface area contributed by atoms with Crippen LogP contribution in [0.4, 0.5) is 0 Å². The van der Waals surface area contributed by atoms with Gasteiger partial charge in [0.25, 0.3) is 0 Å². The second-order valence-electron chi connectivity index (χ2n) is 3.32. The summed E-state index contributed by atoms with van der Waals surface area (Å²) in [4.78, 5) is 0. The summed E-state index contributed by atoms with van der Waals surface area (Å²) in [5.41, 5.74) is 0.167. The molecule has 0 amide bonds. The molecule has 0 aromatic heterocycles. The Morgan fingerprint density at radius 1 is 1.20 bits per heavy atom. The maximum atomic E-state index is 5.88. The van der Waals surface area contributed by atoms with E-state index in [0.29, 0.717) is 0 Å². The van der Waals surface area contributed by atoms with E-state index in [4.69, 9.17) is 4.43 Å². The summed E-state index contributed by atoms with van der Waals surface area (Å²) in [5, 5.41) is 0. The van der Waals surface area contributed by atoms with Crippen molar-refractivity contribution in [1.82, 2.24) is 0 Å². The first-order valence-electron chi connectivity index (χ1n) is 4.22. The topological polar surface area (TPSA) is 9.23 Å². The number of rotatable bonds is 4. The fraction of sp³-hybridized carbons (Fsp3) is 1.00. The van der Waals surface area contributed by atoms with Crippen LogP contribution in [-0.2, 0) is 4.43 Å². The van der Waals surface area contributed by atoms with E-state index in [2.05, 4.69) is 33.9 Å². The smallest absolute Gasteiger partial charge is 0.171 e. The van der Waals surface area contributed by atoms with Crippen LogP contribution in [0.1, 0.15) is 33.6 Å². The van der Waals surface area contributed by atoms with E-state index in [0.717, 1.165) is 12.8 Å². The molecule has 0 heterocycles. The van der Waals surface area contributed by atoms with Crippen LogP contribution in [0.2, 0.25) is 13.1 Å². The average Bonchev–Trinajstić information content (AvgIpc) is 1.87. The van der Waals surface area contributed by atoms with E-state index in [-0.39, 0.29) is 5.60 Å². The molecule has 0 aliphatic carbocycles. The maximum absolute atomic E-state index is 5.88. The molecule has 10 heavy (non-hydrogen) atoms. The first-order chi connectivity index (χ1) is 4.54. The number of hydrogen-bond donors (Lipinski definition) is 0. The van der Waals surface area contributed by atoms with Gasteiger partial charge in [0.2, 0.25) is 0 Å². The van der Waals surface area contributed by atoms with Crippen molar-refractivity contribution >= 4 is 9.04 Å². The minimum atomic E-state index is -0.831. The molecule has 0 radical (unpaired) electrons. The van der Waals surface area contributed by atoms with E-state index in [1.54, 1.807) is 0 Å². The predicted molar refractivity (Wildman–Crippen MR) is 48.9 cm³/mol. The van der Waals surface area contributed by atoms with Gasteiger partial charge in [0, 0.05) is 0 Å². The zero-order chi connectivity index (χ0) is 8.20. The van der Waals surface area contributed by atoms with Crippen molar-refractivity contribution in [2.24, 2.45) is 0 Å². The summed E-state index contributed by atoms with van der Waals surface area (Å²) < 4.78 is 5.88. The fourth-order valence-electron chi connectivity index (χ4n) is 0.986. The van der Waals surface area contributed by atoms with E-state index in [1.807, 2.05) is 0 Å². The van der Waals surface area contributed by atoms with Crippen molar-refractivity contribution in [3.8, 4) is 0 Å². The van der Waals surface area contributed by atoms with E-state index in [9.17, 15) is 0 Å². The highest BCUT2D eigenvalue weighted by atomic mass is 28.3. The van der Waals surface area contributed by atoms with E-state index in [1.165, 1.54) is 0 Å². The molecule has 2 heteroatoms. The monoisotopic (exact) mass is 160 g/mol. The summed E-state index contributed by atoms with van der Waals surface area (Å²) >= 11 is 0. The van der Waals surface area contributed by atoms with Crippen LogP contribution in [0.3, 0.4) is 0 Å². The summed E-state index contributed by atoms with van der Waals surface area (Å²) in [6, 6.07) is 0. The molecule has 1 nitrogen and oxygen atoms in total. The van der Waals surface area contributed by atoms with Crippen LogP contribution in [0.15, 0.2) is 0 Å². The number of hydrogen-bond acceptors (Lipinski definition) is 1. The SMILES string of the molecule is CCC(C)(CC)O[SiH](C)C. The molecule has 0 fully saturated rings. The van der Waals surface area contributed by atoms with Gasteiger partial charge in [0.05, 0.1) is 5.60 Å². The lowest BCUT2D eigenvalue weighted by Crippen LogP contribution is -2.31. The predicted octanol–water partition coefficient (Wildman–Crippen LogP) is 2.57. The Bertz CT molecular complexity index is 87.3. The fourth-order valence-corrected chi connectivity index (χ4v) is 2.46. The van der Waals surface area contributed by atoms with Gasteiger partial charge in [-0.2, -0.15) is 0 Å². The van der Waals surface area contributed by atoms with Crippen LogP contribution in [0.5, 0.6) is 0 Å². The zero-order valence-corrected chi connectivity index (χ0v) is 9.05. The molecule has 0 aromatic rings. The maximum Gasteiger partial charge on any atom is 0.171 e. The highest BCUT2D eigenvalue weighted by Crippen LogP contribution is 2.19. The molecule has 0 aromatic carbocycles. The van der Waals surface area contributed by atoms with Crippen LogP contribution < -0.4 is 0 Å². The molecule has 0 saturated carbocycles. The van der Waals surface area contributed by atoms with Gasteiger partial charge in [0.1, 0.15) is 0 Å². The van der Waals surface area contributed by atoms with Crippen molar-refractivity contribution in [3.63, 3.8) is 0 Å². The first kappa shape index (κ1) is 10.2. The molecule has 0 bridgehead atoms. The van der Waals surface area contributed by atoms with Gasteiger partial charge < -0.3 is 4.43 Å². The van der Waals surface area contributed by atoms with Crippen LogP contribution in [0.25, 0.3) is 0 Å². The van der Waals surface area contributed by atoms with Gasteiger partial charge in [0.15, 0.2) is 9.04 Å². The second kappa shape index (κ2) is 4.14. The van der Waals surface area contributed by atoms with Gasteiger partial charge in [-0.3, -0.25) is 0 Å². The molecular formula is C8H20OSi. The molecule has 0 rings (SSSR count). The Labute approximate surface area is 66.5 Å². The molecule has 0 aliphatic rings. The average molecular weight is 160 g/mol. The Balaban J connectivity index is 3.80. The summed E-state index contributed by atoms with van der Waals surface area (Å²) in [6.07, 6.45) is 2.27. The first-order valence-corrected chi connectivity index (χ1v) is 7.00. The van der Waals surface area contributed by atoms with Crippen LogP contribution in [-0.4, -0.2) is 14.6 Å². The van der Waals surface area contributed by atoms with Gasteiger partial charge in [-0.25, -0.2) is 0 Å². The van der Waals surface area contributed by atoms with Crippen molar-refractivity contribution in [2.45, 2.75) is 52.3 Å². The molecule has 0 N–H and O–H groups in total. The third kappa shape index (κ3) is 3.37. The minimum Gasteiger partial charge on any atom is -0.415 e. The Morgan fingerprint density at radius 3 is 1.70 bits per heavy atom.